The molecular weight excluding hydrogens is 626 g/mol. The molecule has 1 N–H and O–H groups in total. The van der Waals surface area contributed by atoms with E-state index < -0.39 is 0 Å². The molecule has 0 spiro atoms. The van der Waals surface area contributed by atoms with Crippen LogP contribution >= 0.6 is 11.6 Å². The molecule has 3 aromatic heterocycles. The third kappa shape index (κ3) is 6.11. The fourth-order valence-corrected chi connectivity index (χ4v) is 5.81. The van der Waals surface area contributed by atoms with E-state index in [0.29, 0.717) is 33.0 Å². The van der Waals surface area contributed by atoms with Crippen LogP contribution in [0, 0.1) is 20.8 Å². The van der Waals surface area contributed by atoms with E-state index >= 15 is 0 Å². The summed E-state index contributed by atoms with van der Waals surface area (Å²) in [4.78, 5) is 30.9. The summed E-state index contributed by atoms with van der Waals surface area (Å²) in [6.45, 7) is 5.87. The zero-order valence-electron chi connectivity index (χ0n) is 26.4. The third-order valence-electron chi connectivity index (χ3n) is 8.04. The minimum Gasteiger partial charge on any atom is -0.484 e. The molecule has 0 aliphatic carbocycles. The molecule has 4 aromatic carbocycles. The van der Waals surface area contributed by atoms with Gasteiger partial charge in [-0.1, -0.05) is 41.4 Å². The van der Waals surface area contributed by atoms with E-state index in [2.05, 4.69) is 15.0 Å². The van der Waals surface area contributed by atoms with Gasteiger partial charge in [0.25, 0.3) is 11.5 Å². The molecule has 238 valence electrons. The molecule has 10 heteroatoms. The summed E-state index contributed by atoms with van der Waals surface area (Å²) in [5, 5.41) is 9.30. The Hall–Kier alpha value is -5.93. The zero-order chi connectivity index (χ0) is 33.4. The first-order valence-corrected chi connectivity index (χ1v) is 15.7. The van der Waals surface area contributed by atoms with Crippen LogP contribution in [0.1, 0.15) is 22.5 Å². The van der Waals surface area contributed by atoms with Crippen LogP contribution in [-0.4, -0.2) is 33.0 Å². The Kier molecular flexibility index (Phi) is 8.12. The lowest BCUT2D eigenvalue weighted by Crippen LogP contribution is -2.20. The number of carbonyl (C=O) groups is 1. The lowest BCUT2D eigenvalue weighted by atomic mass is 10.2. The second-order valence-electron chi connectivity index (χ2n) is 11.5. The number of hydrogen-bond donors (Lipinski definition) is 1. The first-order chi connectivity index (χ1) is 23.2. The van der Waals surface area contributed by atoms with Crippen LogP contribution in [0.5, 0.6) is 5.75 Å². The lowest BCUT2D eigenvalue weighted by Gasteiger charge is -2.12. The minimum absolute atomic E-state index is 0.109. The number of para-hydroxylation sites is 1. The van der Waals surface area contributed by atoms with Gasteiger partial charge in [-0.05, 0) is 99.6 Å². The van der Waals surface area contributed by atoms with E-state index in [1.165, 1.54) is 4.68 Å². The Morgan fingerprint density at radius 1 is 0.958 bits per heavy atom. The van der Waals surface area contributed by atoms with Crippen LogP contribution in [0.3, 0.4) is 0 Å². The number of furan rings is 1. The van der Waals surface area contributed by atoms with Crippen LogP contribution in [-0.2, 0) is 4.79 Å². The van der Waals surface area contributed by atoms with Crippen molar-refractivity contribution < 1.29 is 13.9 Å². The largest absolute Gasteiger partial charge is 0.484 e. The van der Waals surface area contributed by atoms with Crippen LogP contribution in [0.4, 0.5) is 5.69 Å². The quantitative estimate of drug-likeness (QED) is 0.167. The average Bonchev–Trinajstić information content (AvgIpc) is 3.63. The number of rotatable bonds is 8. The highest BCUT2D eigenvalue weighted by molar-refractivity contribution is 6.31. The first kappa shape index (κ1) is 30.7. The fraction of sp³-hybridized carbons (Fsp3) is 0.105. The average molecular weight is 656 g/mol. The molecule has 0 bridgehead atoms. The summed E-state index contributed by atoms with van der Waals surface area (Å²) in [7, 11) is 0. The maximum absolute atomic E-state index is 13.7. The highest BCUT2D eigenvalue weighted by Gasteiger charge is 2.17. The Balaban J connectivity index is 1.15. The van der Waals surface area contributed by atoms with Crippen LogP contribution in [0.15, 0.2) is 117 Å². The Bertz CT molecular complexity index is 2400. The molecule has 3 heterocycles. The van der Waals surface area contributed by atoms with E-state index in [1.807, 2.05) is 81.4 Å². The number of amides is 1. The molecular formula is C38H30ClN5O4. The molecule has 7 rings (SSSR count). The normalized spacial score (nSPS) is 11.5. The second-order valence-corrected chi connectivity index (χ2v) is 11.9. The smallest absolute Gasteiger partial charge is 0.282 e. The van der Waals surface area contributed by atoms with Crippen LogP contribution in [0.2, 0.25) is 5.02 Å². The fourth-order valence-electron chi connectivity index (χ4n) is 5.62. The summed E-state index contributed by atoms with van der Waals surface area (Å²) >= 11 is 6.20. The van der Waals surface area contributed by atoms with Gasteiger partial charge in [-0.2, -0.15) is 9.78 Å². The van der Waals surface area contributed by atoms with Crippen LogP contribution in [0.25, 0.3) is 39.1 Å². The van der Waals surface area contributed by atoms with Crippen molar-refractivity contribution in [3.63, 3.8) is 0 Å². The van der Waals surface area contributed by atoms with E-state index in [-0.39, 0.29) is 23.9 Å². The van der Waals surface area contributed by atoms with Crippen LogP contribution < -0.4 is 15.6 Å². The molecule has 0 radical (unpaired) electrons. The van der Waals surface area contributed by atoms with Crippen molar-refractivity contribution in [2.75, 3.05) is 11.9 Å². The number of halogens is 1. The summed E-state index contributed by atoms with van der Waals surface area (Å²) in [6.07, 6.45) is 1.66. The van der Waals surface area contributed by atoms with Crippen molar-refractivity contribution in [2.24, 2.45) is 5.10 Å². The minimum atomic E-state index is -0.317. The number of fused-ring (bicyclic) bond motifs is 2. The van der Waals surface area contributed by atoms with Gasteiger partial charge in [-0.3, -0.25) is 9.59 Å². The molecule has 0 aliphatic rings. The number of aryl methyl sites for hydroxylation is 2. The molecule has 0 fully saturated rings. The Labute approximate surface area is 280 Å². The van der Waals surface area contributed by atoms with Gasteiger partial charge in [0.1, 0.15) is 11.3 Å². The Morgan fingerprint density at radius 3 is 2.52 bits per heavy atom. The maximum Gasteiger partial charge on any atom is 0.282 e. The van der Waals surface area contributed by atoms with E-state index in [9.17, 15) is 9.59 Å². The highest BCUT2D eigenvalue weighted by atomic mass is 35.5. The highest BCUT2D eigenvalue weighted by Crippen LogP contribution is 2.29. The Morgan fingerprint density at radius 2 is 1.73 bits per heavy atom. The van der Waals surface area contributed by atoms with Gasteiger partial charge >= 0.3 is 0 Å². The van der Waals surface area contributed by atoms with Gasteiger partial charge in [-0.15, -0.1) is 0 Å². The second kappa shape index (κ2) is 12.7. The number of aromatic nitrogens is 3. The predicted molar refractivity (Wildman–Crippen MR) is 190 cm³/mol. The van der Waals surface area contributed by atoms with Crippen molar-refractivity contribution in [1.29, 1.82) is 0 Å². The van der Waals surface area contributed by atoms with Crippen molar-refractivity contribution in [2.45, 2.75) is 20.8 Å². The van der Waals surface area contributed by atoms with Crippen molar-refractivity contribution in [3.8, 4) is 23.0 Å². The number of benzene rings is 4. The molecule has 1 amide bonds. The number of carbonyl (C=O) groups excluding carboxylic acids is 1. The summed E-state index contributed by atoms with van der Waals surface area (Å²) in [6, 6.07) is 31.4. The number of anilines is 1. The van der Waals surface area contributed by atoms with Gasteiger partial charge in [0, 0.05) is 38.7 Å². The molecule has 0 saturated carbocycles. The topological polar surface area (TPSA) is 104 Å². The van der Waals surface area contributed by atoms with Crippen molar-refractivity contribution in [3.05, 3.63) is 141 Å². The molecule has 0 aliphatic heterocycles. The lowest BCUT2D eigenvalue weighted by molar-refractivity contribution is -0.118. The van der Waals surface area contributed by atoms with E-state index in [0.717, 1.165) is 39.3 Å². The number of hydrogen-bond acceptors (Lipinski definition) is 6. The van der Waals surface area contributed by atoms with E-state index in [4.69, 9.17) is 25.7 Å². The number of nitrogens with zero attached hydrogens (tertiary/aromatic N) is 4. The monoisotopic (exact) mass is 655 g/mol. The molecule has 7 aromatic rings. The molecule has 0 unspecified atom stereocenters. The van der Waals surface area contributed by atoms with Gasteiger partial charge in [-0.25, -0.2) is 4.98 Å². The molecule has 9 nitrogen and oxygen atoms in total. The van der Waals surface area contributed by atoms with Crippen molar-refractivity contribution in [1.82, 2.24) is 14.2 Å². The van der Waals surface area contributed by atoms with E-state index in [1.54, 1.807) is 48.7 Å². The molecule has 0 saturated heterocycles. The van der Waals surface area contributed by atoms with Crippen molar-refractivity contribution >= 4 is 51.3 Å². The summed E-state index contributed by atoms with van der Waals surface area (Å²) in [5.41, 5.74) is 6.31. The van der Waals surface area contributed by atoms with Gasteiger partial charge in [0.2, 0.25) is 5.82 Å². The number of nitrogens with one attached hydrogen (secondary N) is 1. The molecule has 0 atom stereocenters. The number of ether oxygens (including phenoxy) is 1. The summed E-state index contributed by atoms with van der Waals surface area (Å²) < 4.78 is 15.2. The first-order valence-electron chi connectivity index (χ1n) is 15.3. The van der Waals surface area contributed by atoms with Gasteiger partial charge in [0.15, 0.2) is 12.4 Å². The maximum atomic E-state index is 13.7. The molecule has 48 heavy (non-hydrogen) atoms. The van der Waals surface area contributed by atoms with Gasteiger partial charge < -0.3 is 19.0 Å². The summed E-state index contributed by atoms with van der Waals surface area (Å²) in [5.74, 6) is 1.01. The third-order valence-corrected chi connectivity index (χ3v) is 8.27. The van der Waals surface area contributed by atoms with Gasteiger partial charge in [0.05, 0.1) is 17.1 Å². The predicted octanol–water partition coefficient (Wildman–Crippen LogP) is 8.08. The zero-order valence-corrected chi connectivity index (χ0v) is 27.2. The SMILES string of the molecule is Cc1ccc(NC(=O)COc2ccc(-n3c(C)cc(C=Nn4c(-c5cc6cc(Cl)ccc6o5)nc5ccccc5c4=O)c3C)cc2)cc1. The standard InChI is InChI=1S/C38H30ClN5O4/c1-23-8-11-29(12-9-23)41-36(45)22-47-31-15-13-30(14-16-31)43-24(2)18-27(25(43)3)21-40-44-37(42-33-7-5-4-6-32(33)38(44)46)35-20-26-19-28(39)10-17-34(26)48-35/h4-21H,22H2,1-3H3,(H,41,45).